The van der Waals surface area contributed by atoms with Crippen LogP contribution in [-0.2, 0) is 9.47 Å². The average molecular weight is 580 g/mol. The summed E-state index contributed by atoms with van der Waals surface area (Å²) in [7, 11) is 0. The molecule has 40 heavy (non-hydrogen) atoms. The predicted octanol–water partition coefficient (Wildman–Crippen LogP) is 2.92. The molecule has 0 radical (unpaired) electrons. The Morgan fingerprint density at radius 1 is 0.525 bits per heavy atom. The van der Waals surface area contributed by atoms with E-state index in [1.807, 2.05) is 0 Å². The molecule has 2 aliphatic heterocycles. The highest BCUT2D eigenvalue weighted by atomic mass is 19.4. The number of esters is 2. The Balaban J connectivity index is 1.55. The Morgan fingerprint density at radius 2 is 0.825 bits per heavy atom. The number of fused-ring (bicyclic) bond motifs is 2. The molecule has 10 nitrogen and oxygen atoms in total. The molecule has 2 N–H and O–H groups in total. The molecule has 2 aromatic carbocycles. The maximum absolute atomic E-state index is 14.2. The Bertz CT molecular complexity index is 1430. The third kappa shape index (κ3) is 4.20. The van der Waals surface area contributed by atoms with Crippen LogP contribution in [-0.4, -0.2) is 59.6 Å². The summed E-state index contributed by atoms with van der Waals surface area (Å²) in [5, 5.41) is 3.49. The molecular formula is C22H8F8N2O8. The number of nitrogens with one attached hydrogen (secondary N) is 2. The van der Waals surface area contributed by atoms with E-state index in [9.17, 15) is 63.9 Å². The van der Waals surface area contributed by atoms with Gasteiger partial charge in [-0.05, 0) is 36.4 Å². The zero-order valence-electron chi connectivity index (χ0n) is 18.8. The van der Waals surface area contributed by atoms with Gasteiger partial charge in [0.15, 0.2) is 0 Å². The van der Waals surface area contributed by atoms with Gasteiger partial charge >= 0.3 is 36.0 Å². The van der Waals surface area contributed by atoms with E-state index in [-0.39, 0.29) is 11.1 Å². The normalized spacial score (nSPS) is 15.3. The summed E-state index contributed by atoms with van der Waals surface area (Å²) in [4.78, 5) is 70.1. The van der Waals surface area contributed by atoms with Gasteiger partial charge < -0.3 is 9.47 Å². The maximum Gasteiger partial charge on any atom is 0.473 e. The van der Waals surface area contributed by atoms with Crippen molar-refractivity contribution in [3.05, 3.63) is 69.8 Å². The van der Waals surface area contributed by atoms with Gasteiger partial charge in [0.05, 0.1) is 33.4 Å². The van der Waals surface area contributed by atoms with Crippen LogP contribution < -0.4 is 10.6 Å². The molecule has 0 bridgehead atoms. The zero-order chi connectivity index (χ0) is 30.0. The van der Waals surface area contributed by atoms with Gasteiger partial charge in [0.25, 0.3) is 23.6 Å². The van der Waals surface area contributed by atoms with Gasteiger partial charge in [-0.15, -0.1) is 0 Å². The molecule has 4 rings (SSSR count). The maximum atomic E-state index is 14.2. The van der Waals surface area contributed by atoms with Gasteiger partial charge in [-0.3, -0.25) is 29.8 Å². The fourth-order valence-corrected chi connectivity index (χ4v) is 3.43. The predicted molar refractivity (Wildman–Crippen MR) is 107 cm³/mol. The van der Waals surface area contributed by atoms with E-state index in [2.05, 4.69) is 9.47 Å². The second-order valence-corrected chi connectivity index (χ2v) is 8.05. The number of amides is 4. The molecule has 0 unspecified atom stereocenters. The van der Waals surface area contributed by atoms with Crippen LogP contribution in [0.1, 0.15) is 62.1 Å². The van der Waals surface area contributed by atoms with Crippen LogP contribution in [0.15, 0.2) is 36.4 Å². The van der Waals surface area contributed by atoms with Crippen molar-refractivity contribution >= 4 is 35.6 Å². The number of imide groups is 2. The third-order valence-electron chi connectivity index (χ3n) is 5.51. The Hall–Kier alpha value is -4.90. The summed E-state index contributed by atoms with van der Waals surface area (Å²) in [5.41, 5.74) is -4.15. The van der Waals surface area contributed by atoms with E-state index in [1.54, 1.807) is 10.6 Å². The van der Waals surface area contributed by atoms with Gasteiger partial charge in [-0.1, -0.05) is 0 Å². The number of carbonyl (C=O) groups is 6. The van der Waals surface area contributed by atoms with Gasteiger partial charge in [0, 0.05) is 0 Å². The van der Waals surface area contributed by atoms with Crippen LogP contribution in [0, 0.1) is 0 Å². The van der Waals surface area contributed by atoms with Gasteiger partial charge in [0.1, 0.15) is 0 Å². The summed E-state index contributed by atoms with van der Waals surface area (Å²) in [5.74, 6) is -23.6. The molecule has 4 amide bonds. The largest absolute Gasteiger partial charge is 0.473 e. The first-order valence-corrected chi connectivity index (χ1v) is 10.3. The summed E-state index contributed by atoms with van der Waals surface area (Å²) in [6.07, 6.45) is -13.3. The summed E-state index contributed by atoms with van der Waals surface area (Å²) in [6, 6.07) is 3.31. The molecule has 2 aromatic rings. The summed E-state index contributed by atoms with van der Waals surface area (Å²) in [6.45, 7) is 0. The molecule has 0 atom stereocenters. The van der Waals surface area contributed by atoms with E-state index in [0.29, 0.717) is 36.4 Å². The number of hydrogen-bond donors (Lipinski definition) is 2. The van der Waals surface area contributed by atoms with Crippen molar-refractivity contribution in [2.24, 2.45) is 0 Å². The quantitative estimate of drug-likeness (QED) is 0.289. The number of carbonyl (C=O) groups excluding carboxylic acids is 6. The lowest BCUT2D eigenvalue weighted by Gasteiger charge is -2.34. The van der Waals surface area contributed by atoms with Crippen LogP contribution in [0.4, 0.5) is 35.1 Å². The number of alkyl halides is 8. The molecule has 0 spiro atoms. The molecule has 0 aromatic heterocycles. The second kappa shape index (κ2) is 8.82. The smallest absolute Gasteiger partial charge is 0.392 e. The first-order chi connectivity index (χ1) is 18.3. The topological polar surface area (TPSA) is 145 Å². The third-order valence-corrected chi connectivity index (χ3v) is 5.51. The highest BCUT2D eigenvalue weighted by Crippen LogP contribution is 2.53. The van der Waals surface area contributed by atoms with Crippen LogP contribution in [0.3, 0.4) is 0 Å². The van der Waals surface area contributed by atoms with E-state index in [0.717, 1.165) is 0 Å². The van der Waals surface area contributed by atoms with E-state index in [4.69, 9.17) is 0 Å². The van der Waals surface area contributed by atoms with E-state index < -0.39 is 81.9 Å². The van der Waals surface area contributed by atoms with Crippen LogP contribution in [0.2, 0.25) is 0 Å². The molecule has 0 aliphatic carbocycles. The lowest BCUT2D eigenvalue weighted by molar-refractivity contribution is -0.445. The molecule has 18 heteroatoms. The molecular weight excluding hydrogens is 572 g/mol. The SMILES string of the molecule is O=C(OC(F)(F)C(F)(F)C(F)(F)C(F)(F)OC(=O)c1ccc2c(c1)C(=O)NC2=O)c1ccc2c(c1)C(=O)NC2=O. The number of ether oxygens (including phenoxy) is 2. The number of halogens is 8. The van der Waals surface area contributed by atoms with E-state index >= 15 is 0 Å². The fraction of sp³-hybridized carbons (Fsp3) is 0.182. The fourth-order valence-electron chi connectivity index (χ4n) is 3.43. The standard InChI is InChI=1S/C22H8F8N2O8/c23-19(24,21(27,28)39-17(37)7-1-3-9-11(5-7)15(35)31-13(9)33)20(25,26)22(29,30)40-18(38)8-2-4-10-12(6-8)16(36)32-14(10)34/h1-6H,(H,31,33,35)(H,32,34,36). The highest BCUT2D eigenvalue weighted by Gasteiger charge is 2.85. The number of rotatable bonds is 7. The Morgan fingerprint density at radius 3 is 1.15 bits per heavy atom. The minimum atomic E-state index is -7.23. The van der Waals surface area contributed by atoms with Gasteiger partial charge in [-0.2, -0.15) is 35.1 Å². The van der Waals surface area contributed by atoms with Crippen molar-refractivity contribution in [3.8, 4) is 0 Å². The van der Waals surface area contributed by atoms with Crippen molar-refractivity contribution in [2.45, 2.75) is 24.1 Å². The van der Waals surface area contributed by atoms with Crippen molar-refractivity contribution in [3.63, 3.8) is 0 Å². The van der Waals surface area contributed by atoms with E-state index in [1.165, 1.54) is 0 Å². The first-order valence-electron chi connectivity index (χ1n) is 10.3. The van der Waals surface area contributed by atoms with Crippen LogP contribution >= 0.6 is 0 Å². The lowest BCUT2D eigenvalue weighted by Crippen LogP contribution is -2.64. The van der Waals surface area contributed by atoms with Crippen LogP contribution in [0.5, 0.6) is 0 Å². The minimum absolute atomic E-state index is 0.359. The van der Waals surface area contributed by atoms with Gasteiger partial charge in [0.2, 0.25) is 0 Å². The monoisotopic (exact) mass is 580 g/mol. The number of hydrogen-bond acceptors (Lipinski definition) is 8. The molecule has 2 aliphatic rings. The average Bonchev–Trinajstić information content (AvgIpc) is 3.31. The highest BCUT2D eigenvalue weighted by molar-refractivity contribution is 6.22. The summed E-state index contributed by atoms with van der Waals surface area (Å²) >= 11 is 0. The molecule has 0 saturated heterocycles. The Labute approximate surface area is 214 Å². The second-order valence-electron chi connectivity index (χ2n) is 8.05. The summed E-state index contributed by atoms with van der Waals surface area (Å²) < 4.78 is 119. The Kier molecular flexibility index (Phi) is 6.20. The van der Waals surface area contributed by atoms with Crippen molar-refractivity contribution in [1.29, 1.82) is 0 Å². The zero-order valence-corrected chi connectivity index (χ0v) is 18.8. The first kappa shape index (κ1) is 28.1. The van der Waals surface area contributed by atoms with Gasteiger partial charge in [-0.25, -0.2) is 9.59 Å². The molecule has 0 saturated carbocycles. The van der Waals surface area contributed by atoms with Crippen molar-refractivity contribution < 1.29 is 73.4 Å². The lowest BCUT2D eigenvalue weighted by atomic mass is 10.1. The molecule has 210 valence electrons. The molecule has 0 fully saturated rings. The molecule has 2 heterocycles. The van der Waals surface area contributed by atoms with Crippen molar-refractivity contribution in [1.82, 2.24) is 10.6 Å². The number of benzene rings is 2. The van der Waals surface area contributed by atoms with Crippen LogP contribution in [0.25, 0.3) is 0 Å². The minimum Gasteiger partial charge on any atom is -0.392 e. The van der Waals surface area contributed by atoms with Crippen molar-refractivity contribution in [2.75, 3.05) is 0 Å².